The second-order valence-corrected chi connectivity index (χ2v) is 8.78. The molecule has 1 fully saturated rings. The topological polar surface area (TPSA) is 70.6 Å². The number of hydrogen-bond donors (Lipinski definition) is 1. The lowest BCUT2D eigenvalue weighted by Gasteiger charge is -2.32. The normalized spacial score (nSPS) is 19.1. The summed E-state index contributed by atoms with van der Waals surface area (Å²) in [5.74, 6) is 2.96. The maximum atomic E-state index is 12.9. The molecule has 1 unspecified atom stereocenters. The number of rotatable bonds is 5. The highest BCUT2D eigenvalue weighted by molar-refractivity contribution is 5.78. The number of hydrogen-bond acceptors (Lipinski definition) is 6. The number of carbonyl (C=O) groups excluding carboxylic acids is 1. The zero-order valence-electron chi connectivity index (χ0n) is 19.1. The van der Waals surface area contributed by atoms with Gasteiger partial charge in [-0.05, 0) is 51.4 Å². The van der Waals surface area contributed by atoms with Crippen LogP contribution in [0.15, 0.2) is 18.2 Å². The molecule has 0 saturated carbocycles. The van der Waals surface area contributed by atoms with Crippen molar-refractivity contribution in [1.29, 1.82) is 0 Å². The van der Waals surface area contributed by atoms with Gasteiger partial charge >= 0.3 is 0 Å². The largest absolute Gasteiger partial charge is 0.483 e. The predicted molar refractivity (Wildman–Crippen MR) is 122 cm³/mol. The average molecular weight is 424 g/mol. The van der Waals surface area contributed by atoms with Gasteiger partial charge in [-0.1, -0.05) is 18.2 Å². The van der Waals surface area contributed by atoms with Gasteiger partial charge in [-0.25, -0.2) is 9.97 Å². The van der Waals surface area contributed by atoms with Crippen LogP contribution < -0.4 is 10.1 Å². The number of fused-ring (bicyclic) bond motifs is 1. The highest BCUT2D eigenvalue weighted by atomic mass is 16.5. The van der Waals surface area contributed by atoms with E-state index in [9.17, 15) is 4.79 Å². The zero-order valence-corrected chi connectivity index (χ0v) is 19.1. The van der Waals surface area contributed by atoms with Gasteiger partial charge in [0, 0.05) is 38.0 Å². The number of nitrogens with one attached hydrogen (secondary N) is 1. The molecule has 1 aromatic carbocycles. The monoisotopic (exact) mass is 423 g/mol. The number of likely N-dealkylation sites (N-methyl/N-ethyl adjacent to an activating group) is 1. The Kier molecular flexibility index (Phi) is 6.41. The van der Waals surface area contributed by atoms with Crippen molar-refractivity contribution in [3.63, 3.8) is 0 Å². The summed E-state index contributed by atoms with van der Waals surface area (Å²) in [5, 5.41) is 3.24. The smallest absolute Gasteiger partial charge is 0.260 e. The lowest BCUT2D eigenvalue weighted by molar-refractivity contribution is -0.134. The fourth-order valence-corrected chi connectivity index (χ4v) is 4.66. The lowest BCUT2D eigenvalue weighted by atomic mass is 9.96. The van der Waals surface area contributed by atoms with Crippen LogP contribution in [0.25, 0.3) is 0 Å². The van der Waals surface area contributed by atoms with Crippen LogP contribution in [-0.2, 0) is 17.8 Å². The van der Waals surface area contributed by atoms with Crippen LogP contribution in [0.1, 0.15) is 47.0 Å². The number of aryl methyl sites for hydroxylation is 2. The Morgan fingerprint density at radius 3 is 2.71 bits per heavy atom. The summed E-state index contributed by atoms with van der Waals surface area (Å²) in [5.41, 5.74) is 4.19. The molecule has 0 radical (unpaired) electrons. The Balaban J connectivity index is 1.47. The molecule has 4 rings (SSSR count). The Bertz CT molecular complexity index is 924. The Morgan fingerprint density at radius 2 is 2.00 bits per heavy atom. The quantitative estimate of drug-likeness (QED) is 0.797. The fourth-order valence-electron chi connectivity index (χ4n) is 4.66. The zero-order chi connectivity index (χ0) is 22.0. The van der Waals surface area contributed by atoms with E-state index < -0.39 is 0 Å². The van der Waals surface area contributed by atoms with Crippen LogP contribution in [0.5, 0.6) is 5.75 Å². The van der Waals surface area contributed by atoms with Gasteiger partial charge in [0.05, 0.1) is 12.2 Å². The van der Waals surface area contributed by atoms with Crippen molar-refractivity contribution in [2.75, 3.05) is 45.7 Å². The van der Waals surface area contributed by atoms with Gasteiger partial charge < -0.3 is 19.9 Å². The standard InChI is InChI=1S/C24H33N5O2/c1-16-7-5-8-17(2)22(16)31-15-21(30)29-12-10-20-19(14-29)24(25-3)27-23(26-20)18-9-6-11-28(4)13-18/h5,7-8,18H,6,9-15H2,1-4H3,(H,25,26,27). The first-order chi connectivity index (χ1) is 15.0. The maximum Gasteiger partial charge on any atom is 0.260 e. The van der Waals surface area contributed by atoms with Gasteiger partial charge in [-0.2, -0.15) is 0 Å². The fraction of sp³-hybridized carbons (Fsp3) is 0.542. The molecule has 7 heteroatoms. The minimum absolute atomic E-state index is 0.00617. The Hall–Kier alpha value is -2.67. The number of nitrogens with zero attached hydrogens (tertiary/aromatic N) is 4. The molecule has 1 amide bonds. The molecule has 0 spiro atoms. The van der Waals surface area contributed by atoms with Crippen molar-refractivity contribution in [3.8, 4) is 5.75 Å². The van der Waals surface area contributed by atoms with Crippen LogP contribution in [0.2, 0.25) is 0 Å². The van der Waals surface area contributed by atoms with E-state index in [-0.39, 0.29) is 12.5 Å². The van der Waals surface area contributed by atoms with Crippen LogP contribution in [-0.4, -0.2) is 66.0 Å². The van der Waals surface area contributed by atoms with Gasteiger partial charge in [0.15, 0.2) is 6.61 Å². The number of benzene rings is 1. The number of likely N-dealkylation sites (tertiary alicyclic amines) is 1. The number of amides is 1. The Morgan fingerprint density at radius 1 is 1.23 bits per heavy atom. The predicted octanol–water partition coefficient (Wildman–Crippen LogP) is 2.91. The van der Waals surface area contributed by atoms with Crippen LogP contribution in [0, 0.1) is 13.8 Å². The molecule has 3 heterocycles. The van der Waals surface area contributed by atoms with Crippen molar-refractivity contribution in [3.05, 3.63) is 46.4 Å². The molecule has 31 heavy (non-hydrogen) atoms. The van der Waals surface area contributed by atoms with Gasteiger partial charge in [-0.3, -0.25) is 4.79 Å². The van der Waals surface area contributed by atoms with Crippen molar-refractivity contribution in [2.24, 2.45) is 0 Å². The van der Waals surface area contributed by atoms with Crippen LogP contribution in [0.3, 0.4) is 0 Å². The van der Waals surface area contributed by atoms with E-state index in [1.807, 2.05) is 44.0 Å². The van der Waals surface area contributed by atoms with Crippen LogP contribution in [0.4, 0.5) is 5.82 Å². The number of aromatic nitrogens is 2. The van der Waals surface area contributed by atoms with Gasteiger partial charge in [0.25, 0.3) is 5.91 Å². The first-order valence-corrected chi connectivity index (χ1v) is 11.2. The van der Waals surface area contributed by atoms with E-state index in [1.54, 1.807) is 0 Å². The third-order valence-electron chi connectivity index (χ3n) is 6.41. The van der Waals surface area contributed by atoms with E-state index in [1.165, 1.54) is 6.42 Å². The SMILES string of the molecule is CNc1nc(C2CCCN(C)C2)nc2c1CN(C(=O)COc1c(C)cccc1C)CC2. The Labute approximate surface area is 184 Å². The first kappa shape index (κ1) is 21.6. The first-order valence-electron chi connectivity index (χ1n) is 11.2. The highest BCUT2D eigenvalue weighted by Crippen LogP contribution is 2.30. The molecule has 1 N–H and O–H groups in total. The molecule has 0 aliphatic carbocycles. The summed E-state index contributed by atoms with van der Waals surface area (Å²) in [6.45, 7) is 7.37. The van der Waals surface area contributed by atoms with Gasteiger partial charge in [0.2, 0.25) is 0 Å². The maximum absolute atomic E-state index is 12.9. The number of ether oxygens (including phenoxy) is 1. The van der Waals surface area contributed by atoms with E-state index >= 15 is 0 Å². The summed E-state index contributed by atoms with van der Waals surface area (Å²) >= 11 is 0. The summed E-state index contributed by atoms with van der Waals surface area (Å²) in [6, 6.07) is 6.00. The van der Waals surface area contributed by atoms with Crippen LogP contribution >= 0.6 is 0 Å². The minimum atomic E-state index is -0.00617. The molecule has 2 aromatic rings. The van der Waals surface area contributed by atoms with Crippen molar-refractivity contribution in [1.82, 2.24) is 19.8 Å². The molecule has 2 aliphatic rings. The molecular formula is C24H33N5O2. The average Bonchev–Trinajstić information content (AvgIpc) is 2.77. The minimum Gasteiger partial charge on any atom is -0.483 e. The summed E-state index contributed by atoms with van der Waals surface area (Å²) in [7, 11) is 4.05. The van der Waals surface area contributed by atoms with E-state index in [0.717, 1.165) is 65.7 Å². The van der Waals surface area contributed by atoms with E-state index in [0.29, 0.717) is 19.0 Å². The molecule has 1 aromatic heterocycles. The molecule has 7 nitrogen and oxygen atoms in total. The molecule has 1 atom stereocenters. The third kappa shape index (κ3) is 4.66. The van der Waals surface area contributed by atoms with Crippen molar-refractivity contribution in [2.45, 2.75) is 45.6 Å². The van der Waals surface area contributed by atoms with E-state index in [2.05, 4.69) is 17.3 Å². The number of para-hydroxylation sites is 1. The summed E-state index contributed by atoms with van der Waals surface area (Å²) < 4.78 is 5.89. The third-order valence-corrected chi connectivity index (χ3v) is 6.41. The van der Waals surface area contributed by atoms with Gasteiger partial charge in [-0.15, -0.1) is 0 Å². The highest BCUT2D eigenvalue weighted by Gasteiger charge is 2.28. The second-order valence-electron chi connectivity index (χ2n) is 8.78. The lowest BCUT2D eigenvalue weighted by Crippen LogP contribution is -2.40. The summed E-state index contributed by atoms with van der Waals surface area (Å²) in [6.07, 6.45) is 3.06. The molecule has 2 aliphatic heterocycles. The number of piperidine rings is 1. The molecular weight excluding hydrogens is 390 g/mol. The van der Waals surface area contributed by atoms with Gasteiger partial charge in [0.1, 0.15) is 17.4 Å². The number of anilines is 1. The molecule has 166 valence electrons. The second kappa shape index (κ2) is 9.22. The van der Waals surface area contributed by atoms with E-state index in [4.69, 9.17) is 14.7 Å². The summed E-state index contributed by atoms with van der Waals surface area (Å²) in [4.78, 5) is 26.9. The molecule has 1 saturated heterocycles. The van der Waals surface area contributed by atoms with Crippen molar-refractivity contribution < 1.29 is 9.53 Å². The van der Waals surface area contributed by atoms with Crippen molar-refractivity contribution >= 4 is 11.7 Å². The number of carbonyl (C=O) groups is 1. The molecule has 0 bridgehead atoms.